The Bertz CT molecular complexity index is 1120. The molecule has 31 heavy (non-hydrogen) atoms. The lowest BCUT2D eigenvalue weighted by molar-refractivity contribution is -0.313. The summed E-state index contributed by atoms with van der Waals surface area (Å²) in [5.41, 5.74) is 3.08. The Kier molecular flexibility index (Phi) is 6.85. The number of hydrogen-bond acceptors (Lipinski definition) is 4. The molecule has 4 rings (SSSR count). The fourth-order valence-corrected chi connectivity index (χ4v) is 3.10. The summed E-state index contributed by atoms with van der Waals surface area (Å²) in [5.74, 6) is 1.50. The van der Waals surface area contributed by atoms with Crippen molar-refractivity contribution in [2.45, 2.75) is 13.2 Å². The van der Waals surface area contributed by atoms with Crippen LogP contribution in [0.1, 0.15) is 27.0 Å². The van der Waals surface area contributed by atoms with Gasteiger partial charge < -0.3 is 4.74 Å². The molecule has 0 spiro atoms. The number of rotatable bonds is 9. The van der Waals surface area contributed by atoms with Crippen molar-refractivity contribution in [3.8, 4) is 11.5 Å². The minimum Gasteiger partial charge on any atom is -0.457 e. The van der Waals surface area contributed by atoms with Crippen molar-refractivity contribution in [1.82, 2.24) is 0 Å². The molecule has 0 unspecified atom stereocenters. The molecule has 0 heterocycles. The van der Waals surface area contributed by atoms with E-state index in [0.717, 1.165) is 22.6 Å². The second-order valence-corrected chi connectivity index (χ2v) is 6.98. The first-order valence-electron chi connectivity index (χ1n) is 10.0. The van der Waals surface area contributed by atoms with Crippen molar-refractivity contribution in [2.75, 3.05) is 0 Å². The lowest BCUT2D eigenvalue weighted by Crippen LogP contribution is -2.02. The Morgan fingerprint density at radius 3 is 1.81 bits per heavy atom. The minimum atomic E-state index is -0.0152. The highest BCUT2D eigenvalue weighted by Crippen LogP contribution is 2.22. The van der Waals surface area contributed by atoms with Crippen LogP contribution < -0.4 is 4.74 Å². The summed E-state index contributed by atoms with van der Waals surface area (Å²) in [7, 11) is 0. The maximum atomic E-state index is 12.6. The third-order valence-electron chi connectivity index (χ3n) is 4.64. The standard InChI is InChI=1S/C27H22O4/c28-27(23-11-3-1-4-12-23)24-13-7-9-21(17-24)19-29-30-20-22-10-8-16-26(18-22)31-25-14-5-2-6-15-25/h1-18H,19-20H2. The number of hydrogen-bond donors (Lipinski definition) is 0. The Morgan fingerprint density at radius 2 is 1.10 bits per heavy atom. The molecule has 4 heteroatoms. The van der Waals surface area contributed by atoms with Crippen LogP contribution in [0.2, 0.25) is 0 Å². The zero-order valence-corrected chi connectivity index (χ0v) is 16.9. The van der Waals surface area contributed by atoms with E-state index in [2.05, 4.69) is 0 Å². The van der Waals surface area contributed by atoms with E-state index in [4.69, 9.17) is 14.5 Å². The highest BCUT2D eigenvalue weighted by atomic mass is 17.2. The van der Waals surface area contributed by atoms with Crippen molar-refractivity contribution in [1.29, 1.82) is 0 Å². The maximum Gasteiger partial charge on any atom is 0.193 e. The lowest BCUT2D eigenvalue weighted by Gasteiger charge is -2.09. The van der Waals surface area contributed by atoms with Gasteiger partial charge in [0.2, 0.25) is 0 Å². The molecule has 0 aliphatic carbocycles. The van der Waals surface area contributed by atoms with Gasteiger partial charge in [0.25, 0.3) is 0 Å². The van der Waals surface area contributed by atoms with Gasteiger partial charge in [-0.3, -0.25) is 4.79 Å². The molecular formula is C27H22O4. The third kappa shape index (κ3) is 5.89. The molecule has 4 nitrogen and oxygen atoms in total. The van der Waals surface area contributed by atoms with Crippen molar-refractivity contribution < 1.29 is 19.3 Å². The van der Waals surface area contributed by atoms with E-state index < -0.39 is 0 Å². The number of carbonyl (C=O) groups is 1. The van der Waals surface area contributed by atoms with E-state index in [1.165, 1.54) is 0 Å². The van der Waals surface area contributed by atoms with Gasteiger partial charge in [-0.05, 0) is 41.5 Å². The second-order valence-electron chi connectivity index (χ2n) is 6.98. The molecule has 0 aromatic heterocycles. The van der Waals surface area contributed by atoms with Gasteiger partial charge in [0.15, 0.2) is 5.78 Å². The molecule has 0 N–H and O–H groups in total. The van der Waals surface area contributed by atoms with E-state index >= 15 is 0 Å². The van der Waals surface area contributed by atoms with Crippen LogP contribution in [-0.2, 0) is 23.0 Å². The first kappa shape index (κ1) is 20.5. The largest absolute Gasteiger partial charge is 0.457 e. The Labute approximate surface area is 181 Å². The molecular weight excluding hydrogens is 388 g/mol. The molecule has 0 saturated heterocycles. The molecule has 0 saturated carbocycles. The van der Waals surface area contributed by atoms with Gasteiger partial charge in [-0.2, -0.15) is 0 Å². The van der Waals surface area contributed by atoms with Crippen LogP contribution in [0.5, 0.6) is 11.5 Å². The highest BCUT2D eigenvalue weighted by molar-refractivity contribution is 6.09. The van der Waals surface area contributed by atoms with Gasteiger partial charge in [0, 0.05) is 11.1 Å². The third-order valence-corrected chi connectivity index (χ3v) is 4.64. The zero-order chi connectivity index (χ0) is 21.3. The molecule has 154 valence electrons. The van der Waals surface area contributed by atoms with E-state index in [0.29, 0.717) is 11.1 Å². The SMILES string of the molecule is O=C(c1ccccc1)c1cccc(COOCc2cccc(Oc3ccccc3)c2)c1. The molecule has 4 aromatic carbocycles. The van der Waals surface area contributed by atoms with Gasteiger partial charge in [0.05, 0.1) is 0 Å². The average Bonchev–Trinajstić information content (AvgIpc) is 2.83. The summed E-state index contributed by atoms with van der Waals surface area (Å²) in [6.45, 7) is 0.532. The van der Waals surface area contributed by atoms with Crippen LogP contribution in [0.3, 0.4) is 0 Å². The van der Waals surface area contributed by atoms with E-state index in [-0.39, 0.29) is 19.0 Å². The topological polar surface area (TPSA) is 44.8 Å². The van der Waals surface area contributed by atoms with E-state index in [1.54, 1.807) is 6.07 Å². The number of ether oxygens (including phenoxy) is 1. The van der Waals surface area contributed by atoms with Gasteiger partial charge in [-0.15, -0.1) is 0 Å². The number of benzene rings is 4. The quantitative estimate of drug-likeness (QED) is 0.139. The summed E-state index contributed by atoms with van der Waals surface area (Å²) < 4.78 is 5.84. The molecule has 0 amide bonds. The van der Waals surface area contributed by atoms with Crippen molar-refractivity contribution >= 4 is 5.78 Å². The van der Waals surface area contributed by atoms with Gasteiger partial charge >= 0.3 is 0 Å². The van der Waals surface area contributed by atoms with Crippen LogP contribution in [0.25, 0.3) is 0 Å². The van der Waals surface area contributed by atoms with E-state index in [9.17, 15) is 4.79 Å². The van der Waals surface area contributed by atoms with Gasteiger partial charge in [-0.1, -0.05) is 78.9 Å². The van der Waals surface area contributed by atoms with Gasteiger partial charge in [0.1, 0.15) is 24.7 Å². The predicted octanol–water partition coefficient (Wildman–Crippen LogP) is 6.36. The summed E-state index contributed by atoms with van der Waals surface area (Å²) in [6.07, 6.45) is 0. The first-order chi connectivity index (χ1) is 15.3. The zero-order valence-electron chi connectivity index (χ0n) is 16.9. The fraction of sp³-hybridized carbons (Fsp3) is 0.0741. The fourth-order valence-electron chi connectivity index (χ4n) is 3.10. The minimum absolute atomic E-state index is 0.0152. The maximum absolute atomic E-state index is 12.6. The number of carbonyl (C=O) groups excluding carboxylic acids is 1. The second kappa shape index (κ2) is 10.3. The Hall–Kier alpha value is -3.73. The summed E-state index contributed by atoms with van der Waals surface area (Å²) in [5, 5.41) is 0. The smallest absolute Gasteiger partial charge is 0.193 e. The summed E-state index contributed by atoms with van der Waals surface area (Å²) >= 11 is 0. The van der Waals surface area contributed by atoms with Crippen LogP contribution >= 0.6 is 0 Å². The van der Waals surface area contributed by atoms with Crippen LogP contribution in [0.4, 0.5) is 0 Å². The molecule has 0 aliphatic heterocycles. The normalized spacial score (nSPS) is 10.6. The number of ketones is 1. The molecule has 4 aromatic rings. The number of para-hydroxylation sites is 1. The van der Waals surface area contributed by atoms with E-state index in [1.807, 2.05) is 103 Å². The highest BCUT2D eigenvalue weighted by Gasteiger charge is 2.09. The van der Waals surface area contributed by atoms with Crippen LogP contribution in [0.15, 0.2) is 109 Å². The monoisotopic (exact) mass is 410 g/mol. The molecule has 0 fully saturated rings. The summed E-state index contributed by atoms with van der Waals surface area (Å²) in [4.78, 5) is 23.3. The molecule has 0 bridgehead atoms. The molecule has 0 atom stereocenters. The summed E-state index contributed by atoms with van der Waals surface area (Å²) in [6, 6.07) is 33.9. The van der Waals surface area contributed by atoms with Crippen LogP contribution in [0, 0.1) is 0 Å². The Morgan fingerprint density at radius 1 is 0.548 bits per heavy atom. The van der Waals surface area contributed by atoms with Crippen molar-refractivity contribution in [3.05, 3.63) is 131 Å². The van der Waals surface area contributed by atoms with Crippen molar-refractivity contribution in [2.24, 2.45) is 0 Å². The van der Waals surface area contributed by atoms with Gasteiger partial charge in [-0.25, -0.2) is 9.78 Å². The lowest BCUT2D eigenvalue weighted by atomic mass is 10.0. The van der Waals surface area contributed by atoms with Crippen LogP contribution in [-0.4, -0.2) is 5.78 Å². The average molecular weight is 410 g/mol. The molecule has 0 aliphatic rings. The predicted molar refractivity (Wildman–Crippen MR) is 119 cm³/mol. The molecule has 0 radical (unpaired) electrons. The Balaban J connectivity index is 1.29. The van der Waals surface area contributed by atoms with Crippen molar-refractivity contribution in [3.63, 3.8) is 0 Å². The first-order valence-corrected chi connectivity index (χ1v) is 10.0.